The number of hydrogen-bond donors (Lipinski definition) is 1. The Balaban J connectivity index is 1.60. The molecule has 0 saturated heterocycles. The highest BCUT2D eigenvalue weighted by Crippen LogP contribution is 2.14. The molecule has 1 heterocycles. The molecule has 0 saturated carbocycles. The molecule has 2 aromatic carbocycles. The van der Waals surface area contributed by atoms with Gasteiger partial charge in [-0.15, -0.1) is 0 Å². The summed E-state index contributed by atoms with van der Waals surface area (Å²) in [6.07, 6.45) is 0.761. The number of thiophene rings is 1. The van der Waals surface area contributed by atoms with Gasteiger partial charge in [0.15, 0.2) is 0 Å². The summed E-state index contributed by atoms with van der Waals surface area (Å²) >= 11 is 1.45. The van der Waals surface area contributed by atoms with E-state index in [4.69, 9.17) is 5.26 Å². The maximum Gasteiger partial charge on any atom is 0.252 e. The third-order valence-electron chi connectivity index (χ3n) is 4.71. The highest BCUT2D eigenvalue weighted by molar-refractivity contribution is 7.08. The Morgan fingerprint density at radius 1 is 1.06 bits per heavy atom. The topological polar surface area (TPSA) is 73.2 Å². The summed E-state index contributed by atoms with van der Waals surface area (Å²) in [6, 6.07) is 17.1. The van der Waals surface area contributed by atoms with E-state index in [0.29, 0.717) is 36.2 Å². The van der Waals surface area contributed by atoms with Crippen LogP contribution in [0.1, 0.15) is 39.9 Å². The van der Waals surface area contributed by atoms with Crippen LogP contribution in [0.15, 0.2) is 65.4 Å². The first kappa shape index (κ1) is 22.2. The molecule has 0 radical (unpaired) electrons. The molecular weight excluding hydrogens is 413 g/mol. The second-order valence-electron chi connectivity index (χ2n) is 7.06. The highest BCUT2D eigenvalue weighted by atomic mass is 32.1. The van der Waals surface area contributed by atoms with Gasteiger partial charge in [-0.05, 0) is 53.3 Å². The zero-order chi connectivity index (χ0) is 22.1. The van der Waals surface area contributed by atoms with Crippen LogP contribution in [0.4, 0.5) is 4.39 Å². The van der Waals surface area contributed by atoms with Gasteiger partial charge in [0.25, 0.3) is 5.91 Å². The number of halogens is 1. The standard InChI is InChI=1S/C24H22FN3O2S/c25-22-4-1-3-20(13-22)16-28(15-19-8-6-18(14-26)7-9-19)23(29)5-2-11-27-24(30)21-10-12-31-17-21/h1,3-4,6-10,12-13,17H,2,5,11,15-16H2,(H,27,30). The number of carbonyl (C=O) groups is 2. The molecule has 0 aliphatic heterocycles. The molecule has 2 amide bonds. The number of nitrogens with zero attached hydrogens (tertiary/aromatic N) is 2. The number of rotatable bonds is 9. The van der Waals surface area contributed by atoms with Crippen LogP contribution in [0.25, 0.3) is 0 Å². The van der Waals surface area contributed by atoms with Crippen molar-refractivity contribution in [3.63, 3.8) is 0 Å². The summed E-state index contributed by atoms with van der Waals surface area (Å²) < 4.78 is 13.6. The fourth-order valence-corrected chi connectivity index (χ4v) is 3.72. The Hall–Kier alpha value is -3.50. The van der Waals surface area contributed by atoms with Crippen molar-refractivity contribution < 1.29 is 14.0 Å². The van der Waals surface area contributed by atoms with Crippen LogP contribution in [0.2, 0.25) is 0 Å². The molecule has 31 heavy (non-hydrogen) atoms. The average Bonchev–Trinajstić information content (AvgIpc) is 3.32. The lowest BCUT2D eigenvalue weighted by Gasteiger charge is -2.23. The molecule has 1 N–H and O–H groups in total. The minimum atomic E-state index is -0.348. The van der Waals surface area contributed by atoms with Gasteiger partial charge >= 0.3 is 0 Å². The largest absolute Gasteiger partial charge is 0.352 e. The lowest BCUT2D eigenvalue weighted by atomic mass is 10.1. The second kappa shape index (κ2) is 11.0. The van der Waals surface area contributed by atoms with E-state index in [-0.39, 0.29) is 30.6 Å². The van der Waals surface area contributed by atoms with E-state index in [1.54, 1.807) is 40.6 Å². The first-order valence-corrected chi connectivity index (χ1v) is 10.8. The Morgan fingerprint density at radius 2 is 1.84 bits per heavy atom. The van der Waals surface area contributed by atoms with Crippen LogP contribution in [-0.4, -0.2) is 23.3 Å². The molecule has 5 nitrogen and oxygen atoms in total. The average molecular weight is 436 g/mol. The van der Waals surface area contributed by atoms with E-state index in [2.05, 4.69) is 11.4 Å². The lowest BCUT2D eigenvalue weighted by Crippen LogP contribution is -2.31. The predicted molar refractivity (Wildman–Crippen MR) is 118 cm³/mol. The fraction of sp³-hybridized carbons (Fsp3) is 0.208. The van der Waals surface area contributed by atoms with Gasteiger partial charge in [0.1, 0.15) is 5.82 Å². The molecule has 1 aromatic heterocycles. The lowest BCUT2D eigenvalue weighted by molar-refractivity contribution is -0.132. The molecule has 0 fully saturated rings. The predicted octanol–water partition coefficient (Wildman–Crippen LogP) is 4.50. The quantitative estimate of drug-likeness (QED) is 0.503. The van der Waals surface area contributed by atoms with Crippen LogP contribution in [-0.2, 0) is 17.9 Å². The van der Waals surface area contributed by atoms with E-state index in [9.17, 15) is 14.0 Å². The first-order valence-electron chi connectivity index (χ1n) is 9.87. The Labute approximate surface area is 184 Å². The molecule has 0 spiro atoms. The van der Waals surface area contributed by atoms with Gasteiger partial charge in [-0.1, -0.05) is 24.3 Å². The van der Waals surface area contributed by atoms with Crippen molar-refractivity contribution in [2.45, 2.75) is 25.9 Å². The van der Waals surface area contributed by atoms with E-state index in [1.807, 2.05) is 17.5 Å². The van der Waals surface area contributed by atoms with Crippen LogP contribution in [0.3, 0.4) is 0 Å². The fourth-order valence-electron chi connectivity index (χ4n) is 3.09. The first-order chi connectivity index (χ1) is 15.0. The summed E-state index contributed by atoms with van der Waals surface area (Å²) in [4.78, 5) is 26.6. The van der Waals surface area contributed by atoms with Gasteiger partial charge in [0.2, 0.25) is 5.91 Å². The smallest absolute Gasteiger partial charge is 0.252 e. The Morgan fingerprint density at radius 3 is 2.52 bits per heavy atom. The maximum atomic E-state index is 13.6. The number of amides is 2. The van der Waals surface area contributed by atoms with E-state index in [1.165, 1.54) is 23.5 Å². The number of nitriles is 1. The molecule has 3 aromatic rings. The van der Waals surface area contributed by atoms with Crippen molar-refractivity contribution in [1.29, 1.82) is 5.26 Å². The minimum Gasteiger partial charge on any atom is -0.352 e. The van der Waals surface area contributed by atoms with E-state index < -0.39 is 0 Å². The van der Waals surface area contributed by atoms with Crippen LogP contribution in [0.5, 0.6) is 0 Å². The van der Waals surface area contributed by atoms with Gasteiger partial charge < -0.3 is 10.2 Å². The second-order valence-corrected chi connectivity index (χ2v) is 7.84. The molecule has 0 unspecified atom stereocenters. The summed E-state index contributed by atoms with van der Waals surface area (Å²) in [5.41, 5.74) is 2.75. The van der Waals surface area contributed by atoms with Crippen molar-refractivity contribution in [2.75, 3.05) is 6.54 Å². The van der Waals surface area contributed by atoms with Gasteiger partial charge in [0, 0.05) is 37.0 Å². The van der Waals surface area contributed by atoms with Gasteiger partial charge in [-0.3, -0.25) is 9.59 Å². The summed E-state index contributed by atoms with van der Waals surface area (Å²) in [7, 11) is 0. The molecule has 0 aliphatic carbocycles. The third kappa shape index (κ3) is 6.76. The highest BCUT2D eigenvalue weighted by Gasteiger charge is 2.15. The molecule has 3 rings (SSSR count). The number of hydrogen-bond acceptors (Lipinski definition) is 4. The Kier molecular flexibility index (Phi) is 7.91. The monoisotopic (exact) mass is 435 g/mol. The van der Waals surface area contributed by atoms with Crippen molar-refractivity contribution >= 4 is 23.2 Å². The summed E-state index contributed by atoms with van der Waals surface area (Å²) in [5.74, 6) is -0.583. The molecule has 0 atom stereocenters. The zero-order valence-corrected chi connectivity index (χ0v) is 17.7. The molecule has 7 heteroatoms. The van der Waals surface area contributed by atoms with Gasteiger partial charge in [-0.2, -0.15) is 16.6 Å². The minimum absolute atomic E-state index is 0.0848. The number of benzene rings is 2. The van der Waals surface area contributed by atoms with Crippen LogP contribution in [0, 0.1) is 17.1 Å². The third-order valence-corrected chi connectivity index (χ3v) is 5.39. The van der Waals surface area contributed by atoms with Crippen molar-refractivity contribution in [1.82, 2.24) is 10.2 Å². The number of carbonyl (C=O) groups excluding carboxylic acids is 2. The van der Waals surface area contributed by atoms with Crippen molar-refractivity contribution in [3.05, 3.63) is 93.4 Å². The summed E-state index contributed by atoms with van der Waals surface area (Å²) in [5, 5.41) is 15.4. The van der Waals surface area contributed by atoms with Gasteiger partial charge in [-0.25, -0.2) is 4.39 Å². The Bertz CT molecular complexity index is 1060. The van der Waals surface area contributed by atoms with E-state index in [0.717, 1.165) is 5.56 Å². The van der Waals surface area contributed by atoms with Gasteiger partial charge in [0.05, 0.1) is 11.6 Å². The van der Waals surface area contributed by atoms with Crippen LogP contribution >= 0.6 is 11.3 Å². The summed E-state index contributed by atoms with van der Waals surface area (Å²) in [6.45, 7) is 1.02. The SMILES string of the molecule is N#Cc1ccc(CN(Cc2cccc(F)c2)C(=O)CCCNC(=O)c2ccsc2)cc1. The number of nitrogens with one attached hydrogen (secondary N) is 1. The maximum absolute atomic E-state index is 13.6. The van der Waals surface area contributed by atoms with Crippen LogP contribution < -0.4 is 5.32 Å². The van der Waals surface area contributed by atoms with E-state index >= 15 is 0 Å². The molecular formula is C24H22FN3O2S. The zero-order valence-electron chi connectivity index (χ0n) is 16.9. The normalized spacial score (nSPS) is 10.3. The van der Waals surface area contributed by atoms with Crippen molar-refractivity contribution in [2.24, 2.45) is 0 Å². The molecule has 0 aliphatic rings. The molecule has 158 valence electrons. The van der Waals surface area contributed by atoms with Crippen molar-refractivity contribution in [3.8, 4) is 6.07 Å². The molecule has 0 bridgehead atoms.